The van der Waals surface area contributed by atoms with Crippen LogP contribution >= 0.6 is 0 Å². The smallest absolute Gasteiger partial charge is 0.252 e. The molecule has 0 amide bonds. The lowest BCUT2D eigenvalue weighted by Gasteiger charge is -2.08. The van der Waals surface area contributed by atoms with Gasteiger partial charge in [0.2, 0.25) is 6.79 Å². The molecule has 0 radical (unpaired) electrons. The molecule has 0 unspecified atom stereocenters. The molecule has 5 nitrogen and oxygen atoms in total. The van der Waals surface area contributed by atoms with Gasteiger partial charge in [0.15, 0.2) is 5.88 Å². The second-order valence-corrected chi connectivity index (χ2v) is 5.95. The van der Waals surface area contributed by atoms with Gasteiger partial charge in [-0.25, -0.2) is 4.99 Å². The van der Waals surface area contributed by atoms with Crippen molar-refractivity contribution in [3.8, 4) is 5.88 Å². The third kappa shape index (κ3) is 2.96. The summed E-state index contributed by atoms with van der Waals surface area (Å²) < 4.78 is 10.5. The van der Waals surface area contributed by atoms with E-state index >= 15 is 0 Å². The molecule has 0 atom stereocenters. The Morgan fingerprint density at radius 3 is 2.76 bits per heavy atom. The van der Waals surface area contributed by atoms with E-state index < -0.39 is 0 Å². The van der Waals surface area contributed by atoms with Gasteiger partial charge < -0.3 is 19.6 Å². The average Bonchev–Trinajstić information content (AvgIpc) is 3.23. The highest BCUT2D eigenvalue weighted by atomic mass is 16.7. The molecule has 0 fully saturated rings. The van der Waals surface area contributed by atoms with Crippen LogP contribution in [0, 0.1) is 6.92 Å². The van der Waals surface area contributed by atoms with E-state index in [1.165, 1.54) is 6.26 Å². The largest absolute Gasteiger partial charge is 0.494 e. The van der Waals surface area contributed by atoms with E-state index in [-0.39, 0.29) is 12.7 Å². The van der Waals surface area contributed by atoms with E-state index in [0.29, 0.717) is 17.9 Å². The van der Waals surface area contributed by atoms with Crippen LogP contribution in [0.4, 0.5) is 0 Å². The summed E-state index contributed by atoms with van der Waals surface area (Å²) in [6.45, 7) is 2.18. The van der Waals surface area contributed by atoms with Crippen molar-refractivity contribution in [1.29, 1.82) is 0 Å². The molecule has 0 aliphatic carbocycles. The first-order chi connectivity index (χ1) is 12.2. The topological polar surface area (TPSA) is 66.8 Å². The monoisotopic (exact) mass is 334 g/mol. The van der Waals surface area contributed by atoms with E-state index in [9.17, 15) is 5.11 Å². The molecule has 2 aromatic carbocycles. The Morgan fingerprint density at radius 2 is 2.00 bits per heavy atom. The van der Waals surface area contributed by atoms with Gasteiger partial charge in [0.1, 0.15) is 6.26 Å². The Hall–Kier alpha value is -3.21. The van der Waals surface area contributed by atoms with Crippen molar-refractivity contribution < 1.29 is 14.6 Å². The number of aromatic hydroxyl groups is 1. The molecule has 0 bridgehead atoms. The van der Waals surface area contributed by atoms with Crippen molar-refractivity contribution in [2.75, 3.05) is 6.79 Å². The molecular weight excluding hydrogens is 316 g/mol. The van der Waals surface area contributed by atoms with E-state index in [2.05, 4.69) is 9.98 Å². The van der Waals surface area contributed by atoms with Crippen molar-refractivity contribution in [3.63, 3.8) is 0 Å². The van der Waals surface area contributed by atoms with Gasteiger partial charge in [-0.2, -0.15) is 0 Å². The van der Waals surface area contributed by atoms with E-state index in [0.717, 1.165) is 27.7 Å². The summed E-state index contributed by atoms with van der Waals surface area (Å²) in [4.78, 5) is 7.66. The van der Waals surface area contributed by atoms with Gasteiger partial charge in [0.25, 0.3) is 5.88 Å². The quantitative estimate of drug-likeness (QED) is 0.708. The van der Waals surface area contributed by atoms with Crippen molar-refractivity contribution in [3.05, 3.63) is 77.4 Å². The minimum absolute atomic E-state index is 0.110. The highest BCUT2D eigenvalue weighted by molar-refractivity contribution is 6.14. The fraction of sp³-hybridized carbons (Fsp3) is 0.150. The Morgan fingerprint density at radius 1 is 1.16 bits per heavy atom. The summed E-state index contributed by atoms with van der Waals surface area (Å²) in [5.74, 6) is 0.520. The molecule has 0 spiro atoms. The van der Waals surface area contributed by atoms with Crippen LogP contribution in [0.2, 0.25) is 0 Å². The number of hydrogen-bond acceptors (Lipinski definition) is 4. The lowest BCUT2D eigenvalue weighted by Crippen LogP contribution is -2.07. The van der Waals surface area contributed by atoms with E-state index in [1.54, 1.807) is 0 Å². The number of H-pyrrole nitrogens is 1. The third-order valence-corrected chi connectivity index (χ3v) is 4.22. The van der Waals surface area contributed by atoms with Crippen molar-refractivity contribution in [2.24, 2.45) is 4.99 Å². The number of aliphatic imine (C=N–C) groups is 1. The Balaban J connectivity index is 1.88. The fourth-order valence-electron chi connectivity index (χ4n) is 3.09. The lowest BCUT2D eigenvalue weighted by molar-refractivity contribution is 0.0801. The van der Waals surface area contributed by atoms with Crippen LogP contribution in [-0.4, -0.2) is 22.6 Å². The Labute approximate surface area is 145 Å². The Kier molecular flexibility index (Phi) is 3.90. The highest BCUT2D eigenvalue weighted by Crippen LogP contribution is 2.32. The summed E-state index contributed by atoms with van der Waals surface area (Å²) in [5.41, 5.74) is 4.48. The summed E-state index contributed by atoms with van der Waals surface area (Å²) in [6.07, 6.45) is 2.06. The summed E-state index contributed by atoms with van der Waals surface area (Å²) in [5, 5.41) is 11.5. The second-order valence-electron chi connectivity index (χ2n) is 5.95. The number of benzene rings is 2. The van der Waals surface area contributed by atoms with Crippen LogP contribution in [0.5, 0.6) is 5.88 Å². The number of aryl methyl sites for hydroxylation is 1. The number of nitrogens with one attached hydrogen (secondary N) is 1. The minimum atomic E-state index is 0.110. The number of ether oxygens (including phenoxy) is 2. The molecule has 1 aromatic heterocycles. The molecule has 5 heteroatoms. The summed E-state index contributed by atoms with van der Waals surface area (Å²) in [7, 11) is 0. The maximum Gasteiger partial charge on any atom is 0.252 e. The zero-order valence-electron chi connectivity index (χ0n) is 13.8. The molecule has 0 saturated heterocycles. The van der Waals surface area contributed by atoms with Crippen LogP contribution in [0.3, 0.4) is 0 Å². The SMILES string of the molecule is Cc1cccc2[nH]c(O)c(C(Cc3ccccc3)=NC3=COCO3)c12. The van der Waals surface area contributed by atoms with Crippen LogP contribution in [0.25, 0.3) is 10.9 Å². The third-order valence-electron chi connectivity index (χ3n) is 4.22. The zero-order chi connectivity index (χ0) is 17.2. The lowest BCUT2D eigenvalue weighted by atomic mass is 9.98. The number of nitrogens with zero attached hydrogens (tertiary/aromatic N) is 1. The molecule has 2 N–H and O–H groups in total. The first kappa shape index (κ1) is 15.3. The normalized spacial score (nSPS) is 14.3. The fourth-order valence-corrected chi connectivity index (χ4v) is 3.09. The first-order valence-electron chi connectivity index (χ1n) is 8.09. The number of fused-ring (bicyclic) bond motifs is 1. The predicted molar refractivity (Wildman–Crippen MR) is 96.5 cm³/mol. The predicted octanol–water partition coefficient (Wildman–Crippen LogP) is 4.02. The molecule has 2 heterocycles. The maximum absolute atomic E-state index is 10.6. The number of hydrogen-bond donors (Lipinski definition) is 2. The maximum atomic E-state index is 10.6. The van der Waals surface area contributed by atoms with Gasteiger partial charge in [-0.1, -0.05) is 42.5 Å². The zero-order valence-corrected chi connectivity index (χ0v) is 13.8. The molecular formula is C20H18N2O3. The van der Waals surface area contributed by atoms with Gasteiger partial charge >= 0.3 is 0 Å². The van der Waals surface area contributed by atoms with Gasteiger partial charge in [-0.05, 0) is 24.1 Å². The summed E-state index contributed by atoms with van der Waals surface area (Å²) in [6, 6.07) is 16.0. The summed E-state index contributed by atoms with van der Waals surface area (Å²) >= 11 is 0. The van der Waals surface area contributed by atoms with Crippen LogP contribution in [0.15, 0.2) is 65.7 Å². The molecule has 0 saturated carbocycles. The van der Waals surface area contributed by atoms with Gasteiger partial charge in [0, 0.05) is 17.3 Å². The highest BCUT2D eigenvalue weighted by Gasteiger charge is 2.20. The number of aromatic nitrogens is 1. The van der Waals surface area contributed by atoms with Gasteiger partial charge in [-0.15, -0.1) is 0 Å². The molecule has 126 valence electrons. The first-order valence-corrected chi connectivity index (χ1v) is 8.09. The van der Waals surface area contributed by atoms with Crippen molar-refractivity contribution in [2.45, 2.75) is 13.3 Å². The molecule has 25 heavy (non-hydrogen) atoms. The number of aromatic amines is 1. The Bertz CT molecular complexity index is 971. The van der Waals surface area contributed by atoms with Gasteiger partial charge in [0.05, 0.1) is 11.3 Å². The molecule has 1 aliphatic heterocycles. The van der Waals surface area contributed by atoms with Crippen LogP contribution in [-0.2, 0) is 15.9 Å². The van der Waals surface area contributed by atoms with Gasteiger partial charge in [-0.3, -0.25) is 0 Å². The van der Waals surface area contributed by atoms with Crippen molar-refractivity contribution in [1.82, 2.24) is 4.98 Å². The van der Waals surface area contributed by atoms with Crippen LogP contribution in [0.1, 0.15) is 16.7 Å². The van der Waals surface area contributed by atoms with E-state index in [4.69, 9.17) is 9.47 Å². The molecule has 3 aromatic rings. The van der Waals surface area contributed by atoms with E-state index in [1.807, 2.05) is 55.5 Å². The molecule has 1 aliphatic rings. The number of rotatable bonds is 4. The standard InChI is InChI=1S/C20H18N2O3/c1-13-6-5-9-15-18(13)19(20(23)22-15)16(21-17-11-24-12-25-17)10-14-7-3-2-4-8-14/h2-9,11,22-23H,10,12H2,1H3. The average molecular weight is 334 g/mol. The minimum Gasteiger partial charge on any atom is -0.494 e. The van der Waals surface area contributed by atoms with Crippen LogP contribution < -0.4 is 0 Å². The molecule has 4 rings (SSSR count). The van der Waals surface area contributed by atoms with Crippen molar-refractivity contribution >= 4 is 16.6 Å². The second kappa shape index (κ2) is 6.36.